The van der Waals surface area contributed by atoms with Gasteiger partial charge in [0.25, 0.3) is 0 Å². The molecule has 1 aromatic heterocycles. The van der Waals surface area contributed by atoms with Crippen molar-refractivity contribution < 1.29 is 4.74 Å². The molecule has 2 aromatic rings. The third kappa shape index (κ3) is 3.30. The lowest BCUT2D eigenvalue weighted by atomic mass is 10.1. The van der Waals surface area contributed by atoms with Gasteiger partial charge in [-0.25, -0.2) is 0 Å². The second-order valence-electron chi connectivity index (χ2n) is 5.17. The zero-order valence-corrected chi connectivity index (χ0v) is 13.5. The van der Waals surface area contributed by atoms with E-state index in [1.165, 1.54) is 0 Å². The highest BCUT2D eigenvalue weighted by Crippen LogP contribution is 2.25. The number of hydrogen-bond acceptors (Lipinski definition) is 6. The number of hydrogen-bond donors (Lipinski definition) is 0. The summed E-state index contributed by atoms with van der Waals surface area (Å²) in [6, 6.07) is 7.64. The Bertz CT molecular complexity index is 737. The first-order valence-corrected chi connectivity index (χ1v) is 7.64. The van der Waals surface area contributed by atoms with Gasteiger partial charge in [0.05, 0.1) is 30.8 Å². The maximum atomic E-state index is 9.28. The van der Waals surface area contributed by atoms with Crippen molar-refractivity contribution in [2.45, 2.75) is 0 Å². The number of rotatable bonds is 3. The molecule has 0 radical (unpaired) electrons. The molecule has 0 spiro atoms. The molecule has 0 amide bonds. The standard InChI is InChI=1S/C16H16ClN5O/c1-23-16-11-19-10-15(20-16)22-6-4-21(5-7-22)14-3-2-13(17)8-12(14)9-18/h2-3,8,10-11H,4-7H2,1H3. The van der Waals surface area contributed by atoms with Gasteiger partial charge in [-0.15, -0.1) is 0 Å². The number of methoxy groups -OCH3 is 1. The van der Waals surface area contributed by atoms with Crippen LogP contribution in [0, 0.1) is 11.3 Å². The summed E-state index contributed by atoms with van der Waals surface area (Å²) in [6.45, 7) is 3.20. The van der Waals surface area contributed by atoms with Gasteiger partial charge in [0.15, 0.2) is 5.82 Å². The van der Waals surface area contributed by atoms with Crippen LogP contribution in [0.3, 0.4) is 0 Å². The summed E-state index contributed by atoms with van der Waals surface area (Å²) in [5.74, 6) is 1.31. The van der Waals surface area contributed by atoms with Crippen molar-refractivity contribution in [2.24, 2.45) is 0 Å². The van der Waals surface area contributed by atoms with Crippen LogP contribution >= 0.6 is 11.6 Å². The van der Waals surface area contributed by atoms with Crippen LogP contribution in [0.2, 0.25) is 5.02 Å². The minimum Gasteiger partial charge on any atom is -0.480 e. The van der Waals surface area contributed by atoms with Gasteiger partial charge >= 0.3 is 0 Å². The first-order valence-electron chi connectivity index (χ1n) is 7.27. The van der Waals surface area contributed by atoms with Crippen molar-refractivity contribution in [1.82, 2.24) is 9.97 Å². The quantitative estimate of drug-likeness (QED) is 0.861. The molecule has 1 aliphatic heterocycles. The van der Waals surface area contributed by atoms with Gasteiger partial charge in [-0.05, 0) is 18.2 Å². The van der Waals surface area contributed by atoms with Crippen LogP contribution in [0.5, 0.6) is 5.88 Å². The maximum Gasteiger partial charge on any atom is 0.233 e. The minimum atomic E-state index is 0.509. The SMILES string of the molecule is COc1cncc(N2CCN(c3ccc(Cl)cc3C#N)CC2)n1. The Morgan fingerprint density at radius 3 is 2.61 bits per heavy atom. The second-order valence-corrected chi connectivity index (χ2v) is 5.60. The van der Waals surface area contributed by atoms with E-state index in [2.05, 4.69) is 25.8 Å². The summed E-state index contributed by atoms with van der Waals surface area (Å²) < 4.78 is 5.12. The Hall–Kier alpha value is -2.52. The van der Waals surface area contributed by atoms with E-state index >= 15 is 0 Å². The molecule has 0 bridgehead atoms. The van der Waals surface area contributed by atoms with Gasteiger partial charge in [0.1, 0.15) is 6.07 Å². The Morgan fingerprint density at radius 1 is 1.17 bits per heavy atom. The molecule has 7 heteroatoms. The number of piperazine rings is 1. The van der Waals surface area contributed by atoms with E-state index in [1.54, 1.807) is 25.6 Å². The number of aromatic nitrogens is 2. The number of ether oxygens (including phenoxy) is 1. The molecule has 1 aromatic carbocycles. The molecule has 0 saturated carbocycles. The highest BCUT2D eigenvalue weighted by Gasteiger charge is 2.20. The summed E-state index contributed by atoms with van der Waals surface area (Å²) in [4.78, 5) is 12.9. The average molecular weight is 330 g/mol. The Labute approximate surface area is 139 Å². The molecular formula is C16H16ClN5O. The molecule has 0 unspecified atom stereocenters. The van der Waals surface area contributed by atoms with Gasteiger partial charge < -0.3 is 14.5 Å². The highest BCUT2D eigenvalue weighted by molar-refractivity contribution is 6.30. The van der Waals surface area contributed by atoms with Gasteiger partial charge in [0, 0.05) is 31.2 Å². The fourth-order valence-electron chi connectivity index (χ4n) is 2.64. The number of anilines is 2. The smallest absolute Gasteiger partial charge is 0.233 e. The van der Waals surface area contributed by atoms with Crippen LogP contribution in [0.4, 0.5) is 11.5 Å². The van der Waals surface area contributed by atoms with E-state index < -0.39 is 0 Å². The Morgan fingerprint density at radius 2 is 1.91 bits per heavy atom. The van der Waals surface area contributed by atoms with Crippen LogP contribution in [0.25, 0.3) is 0 Å². The largest absolute Gasteiger partial charge is 0.480 e. The van der Waals surface area contributed by atoms with E-state index in [9.17, 15) is 5.26 Å². The first kappa shape index (κ1) is 15.4. The summed E-state index contributed by atoms with van der Waals surface area (Å²) in [5.41, 5.74) is 1.53. The van der Waals surface area contributed by atoms with E-state index in [1.807, 2.05) is 12.1 Å². The molecule has 1 fully saturated rings. The lowest BCUT2D eigenvalue weighted by Crippen LogP contribution is -2.47. The summed E-state index contributed by atoms with van der Waals surface area (Å²) in [5, 5.41) is 9.86. The summed E-state index contributed by atoms with van der Waals surface area (Å²) >= 11 is 5.96. The first-order chi connectivity index (χ1) is 11.2. The van der Waals surface area contributed by atoms with Gasteiger partial charge in [-0.2, -0.15) is 10.2 Å². The predicted octanol–water partition coefficient (Wildman–Crippen LogP) is 2.34. The minimum absolute atomic E-state index is 0.509. The third-order valence-corrected chi connectivity index (χ3v) is 4.07. The van der Waals surface area contributed by atoms with Crippen molar-refractivity contribution in [2.75, 3.05) is 43.1 Å². The van der Waals surface area contributed by atoms with Gasteiger partial charge in [-0.1, -0.05) is 11.6 Å². The third-order valence-electron chi connectivity index (χ3n) is 3.83. The van der Waals surface area contributed by atoms with E-state index in [-0.39, 0.29) is 0 Å². The van der Waals surface area contributed by atoms with Crippen molar-refractivity contribution in [1.29, 1.82) is 5.26 Å². The molecule has 1 aliphatic rings. The maximum absolute atomic E-state index is 9.28. The lowest BCUT2D eigenvalue weighted by Gasteiger charge is -2.36. The zero-order chi connectivity index (χ0) is 16.2. The monoisotopic (exact) mass is 329 g/mol. The van der Waals surface area contributed by atoms with Crippen molar-refractivity contribution in [3.63, 3.8) is 0 Å². The molecule has 3 rings (SSSR count). The van der Waals surface area contributed by atoms with E-state index in [0.29, 0.717) is 16.5 Å². The van der Waals surface area contributed by atoms with E-state index in [0.717, 1.165) is 37.7 Å². The second kappa shape index (κ2) is 6.71. The van der Waals surface area contributed by atoms with Gasteiger partial charge in [-0.3, -0.25) is 4.98 Å². The average Bonchev–Trinajstić information content (AvgIpc) is 2.62. The van der Waals surface area contributed by atoms with Crippen LogP contribution in [-0.2, 0) is 0 Å². The molecule has 0 N–H and O–H groups in total. The van der Waals surface area contributed by atoms with Crippen LogP contribution in [0.15, 0.2) is 30.6 Å². The fraction of sp³-hybridized carbons (Fsp3) is 0.312. The Balaban J connectivity index is 1.72. The highest BCUT2D eigenvalue weighted by atomic mass is 35.5. The normalized spacial score (nSPS) is 14.5. The molecule has 6 nitrogen and oxygen atoms in total. The molecule has 0 atom stereocenters. The number of nitrogens with zero attached hydrogens (tertiary/aromatic N) is 5. The molecule has 0 aliphatic carbocycles. The summed E-state index contributed by atoms with van der Waals surface area (Å²) in [7, 11) is 1.58. The Kier molecular flexibility index (Phi) is 4.49. The molecule has 2 heterocycles. The summed E-state index contributed by atoms with van der Waals surface area (Å²) in [6.07, 6.45) is 3.33. The number of halogens is 1. The predicted molar refractivity (Wildman–Crippen MR) is 89.2 cm³/mol. The van der Waals surface area contributed by atoms with Crippen molar-refractivity contribution in [3.8, 4) is 11.9 Å². The molecule has 118 valence electrons. The molecule has 23 heavy (non-hydrogen) atoms. The van der Waals surface area contributed by atoms with E-state index in [4.69, 9.17) is 16.3 Å². The molecular weight excluding hydrogens is 314 g/mol. The van der Waals surface area contributed by atoms with Crippen LogP contribution in [-0.4, -0.2) is 43.3 Å². The topological polar surface area (TPSA) is 65.3 Å². The fourth-order valence-corrected chi connectivity index (χ4v) is 2.81. The van der Waals surface area contributed by atoms with Crippen molar-refractivity contribution >= 4 is 23.1 Å². The van der Waals surface area contributed by atoms with Crippen LogP contribution in [0.1, 0.15) is 5.56 Å². The lowest BCUT2D eigenvalue weighted by molar-refractivity contribution is 0.395. The molecule has 1 saturated heterocycles. The van der Waals surface area contributed by atoms with Crippen molar-refractivity contribution in [3.05, 3.63) is 41.2 Å². The zero-order valence-electron chi connectivity index (χ0n) is 12.7. The van der Waals surface area contributed by atoms with Gasteiger partial charge in [0.2, 0.25) is 5.88 Å². The number of nitriles is 1. The van der Waals surface area contributed by atoms with Crippen LogP contribution < -0.4 is 14.5 Å². The number of benzene rings is 1.